The molecule has 0 spiro atoms. The van der Waals surface area contributed by atoms with Gasteiger partial charge in [-0.15, -0.1) is 0 Å². The van der Waals surface area contributed by atoms with Crippen LogP contribution in [0, 0.1) is 0 Å². The minimum Gasteiger partial charge on any atom is -0.478 e. The third kappa shape index (κ3) is 7.02. The van der Waals surface area contributed by atoms with E-state index in [1.165, 1.54) is 48.5 Å². The molecule has 0 aromatic heterocycles. The number of esters is 2. The van der Waals surface area contributed by atoms with E-state index < -0.39 is 53.5 Å². The van der Waals surface area contributed by atoms with Crippen molar-refractivity contribution in [1.29, 1.82) is 0 Å². The van der Waals surface area contributed by atoms with Crippen molar-refractivity contribution in [3.8, 4) is 0 Å². The van der Waals surface area contributed by atoms with Gasteiger partial charge in [0.1, 0.15) is 0 Å². The number of rotatable bonds is 8. The van der Waals surface area contributed by atoms with Crippen molar-refractivity contribution in [2.75, 3.05) is 5.32 Å². The van der Waals surface area contributed by atoms with E-state index in [9.17, 15) is 37.5 Å². The molecule has 0 aliphatic heterocycles. The molecule has 0 bridgehead atoms. The number of anilines is 1. The Bertz CT molecular complexity index is 1380. The Morgan fingerprint density at radius 1 is 0.763 bits per heavy atom. The van der Waals surface area contributed by atoms with Gasteiger partial charge in [0, 0.05) is 5.69 Å². The standard InChI is InChI=1S/C25H16Cl2F3NO7/c26-17-10-3-1-8-15(17)23(35)37-19(21(32)31-14-7-5-6-13(12-14)25(28,29)30)20(22(33)34)38-24(36)16-9-2-4-11-18(16)27/h1-12,19-20H,(H,31,32)(H,33,34)/t19-,20+/m1/s1. The van der Waals surface area contributed by atoms with Crippen molar-refractivity contribution >= 4 is 52.7 Å². The predicted molar refractivity (Wildman–Crippen MR) is 129 cm³/mol. The zero-order valence-corrected chi connectivity index (χ0v) is 20.4. The number of halogens is 5. The van der Waals surface area contributed by atoms with E-state index in [0.717, 1.165) is 18.2 Å². The van der Waals surface area contributed by atoms with E-state index in [2.05, 4.69) is 5.32 Å². The summed E-state index contributed by atoms with van der Waals surface area (Å²) in [5.41, 5.74) is -2.02. The monoisotopic (exact) mass is 569 g/mol. The maximum atomic E-state index is 13.1. The molecule has 0 saturated heterocycles. The molecule has 1 amide bonds. The van der Waals surface area contributed by atoms with Crippen molar-refractivity contribution in [2.45, 2.75) is 18.4 Å². The number of carboxylic acids is 1. The Balaban J connectivity index is 1.97. The van der Waals surface area contributed by atoms with E-state index in [1.54, 1.807) is 0 Å². The first-order valence-corrected chi connectivity index (χ1v) is 11.3. The fourth-order valence-electron chi connectivity index (χ4n) is 3.09. The SMILES string of the molecule is O=C(O[C@H](C(=O)O)[C@@H](OC(=O)c1ccccc1Cl)C(=O)Nc1cccc(C(F)(F)F)c1)c1ccccc1Cl. The molecule has 3 aromatic rings. The number of hydrogen-bond acceptors (Lipinski definition) is 6. The van der Waals surface area contributed by atoms with Gasteiger partial charge in [0.05, 0.1) is 26.7 Å². The molecule has 0 radical (unpaired) electrons. The number of carbonyl (C=O) groups excluding carboxylic acids is 3. The molecule has 2 N–H and O–H groups in total. The Labute approximate surface area is 222 Å². The number of carboxylic acid groups (broad SMARTS) is 1. The lowest BCUT2D eigenvalue weighted by Gasteiger charge is -2.24. The Kier molecular flexibility index (Phi) is 8.97. The number of amides is 1. The van der Waals surface area contributed by atoms with Crippen LogP contribution in [0.15, 0.2) is 72.8 Å². The summed E-state index contributed by atoms with van der Waals surface area (Å²) in [6.45, 7) is 0. The number of aliphatic carboxylic acids is 1. The van der Waals surface area contributed by atoms with Gasteiger partial charge in [0.2, 0.25) is 12.2 Å². The van der Waals surface area contributed by atoms with Crippen LogP contribution in [0.2, 0.25) is 10.0 Å². The molecule has 0 heterocycles. The minimum atomic E-state index is -4.75. The molecule has 2 atom stereocenters. The quantitative estimate of drug-likeness (QED) is 0.344. The van der Waals surface area contributed by atoms with Crippen LogP contribution < -0.4 is 5.32 Å². The first-order chi connectivity index (χ1) is 17.9. The van der Waals surface area contributed by atoms with Crippen LogP contribution in [-0.2, 0) is 25.2 Å². The van der Waals surface area contributed by atoms with Crippen LogP contribution >= 0.6 is 23.2 Å². The minimum absolute atomic E-state index is 0.0975. The normalized spacial score (nSPS) is 12.7. The molecular weight excluding hydrogens is 554 g/mol. The fourth-order valence-corrected chi connectivity index (χ4v) is 3.52. The second-order valence-corrected chi connectivity index (χ2v) is 8.33. The highest BCUT2D eigenvalue weighted by Crippen LogP contribution is 2.31. The summed E-state index contributed by atoms with van der Waals surface area (Å²) >= 11 is 11.9. The average Bonchev–Trinajstić information content (AvgIpc) is 2.85. The number of ether oxygens (including phenoxy) is 2. The number of hydrogen-bond donors (Lipinski definition) is 2. The van der Waals surface area contributed by atoms with E-state index in [-0.39, 0.29) is 21.2 Å². The molecule has 3 aromatic carbocycles. The van der Waals surface area contributed by atoms with Crippen molar-refractivity contribution in [2.24, 2.45) is 0 Å². The van der Waals surface area contributed by atoms with Gasteiger partial charge < -0.3 is 19.9 Å². The molecule has 198 valence electrons. The average molecular weight is 570 g/mol. The van der Waals surface area contributed by atoms with Crippen LogP contribution in [0.1, 0.15) is 26.3 Å². The van der Waals surface area contributed by atoms with Gasteiger partial charge in [0.15, 0.2) is 0 Å². The molecule has 0 aliphatic rings. The molecule has 0 aliphatic carbocycles. The Hall–Kier alpha value is -4.09. The first kappa shape index (κ1) is 28.5. The molecule has 13 heteroatoms. The van der Waals surface area contributed by atoms with Crippen LogP contribution in [0.25, 0.3) is 0 Å². The lowest BCUT2D eigenvalue weighted by molar-refractivity contribution is -0.157. The summed E-state index contributed by atoms with van der Waals surface area (Å²) < 4.78 is 49.3. The van der Waals surface area contributed by atoms with Gasteiger partial charge in [-0.1, -0.05) is 53.5 Å². The molecule has 0 fully saturated rings. The maximum Gasteiger partial charge on any atom is 0.416 e. The Morgan fingerprint density at radius 2 is 1.26 bits per heavy atom. The van der Waals surface area contributed by atoms with E-state index >= 15 is 0 Å². The lowest BCUT2D eigenvalue weighted by atomic mass is 10.1. The molecule has 3 rings (SSSR count). The number of alkyl halides is 3. The largest absolute Gasteiger partial charge is 0.478 e. The summed E-state index contributed by atoms with van der Waals surface area (Å²) in [5, 5.41) is 11.6. The summed E-state index contributed by atoms with van der Waals surface area (Å²) in [7, 11) is 0. The van der Waals surface area contributed by atoms with Gasteiger partial charge in [-0.3, -0.25) is 4.79 Å². The van der Waals surface area contributed by atoms with Gasteiger partial charge in [0.25, 0.3) is 5.91 Å². The summed E-state index contributed by atoms with van der Waals surface area (Å²) in [6.07, 6.45) is -9.54. The highest BCUT2D eigenvalue weighted by Gasteiger charge is 2.41. The zero-order valence-electron chi connectivity index (χ0n) is 18.9. The number of nitrogens with one attached hydrogen (secondary N) is 1. The van der Waals surface area contributed by atoms with Crippen LogP contribution in [0.5, 0.6) is 0 Å². The van der Waals surface area contributed by atoms with E-state index in [1.807, 2.05) is 0 Å². The summed E-state index contributed by atoms with van der Waals surface area (Å²) in [6, 6.07) is 14.3. The fraction of sp³-hybridized carbons (Fsp3) is 0.120. The lowest BCUT2D eigenvalue weighted by Crippen LogP contribution is -2.48. The van der Waals surface area contributed by atoms with Crippen LogP contribution in [0.3, 0.4) is 0 Å². The van der Waals surface area contributed by atoms with Gasteiger partial charge in [-0.25, -0.2) is 14.4 Å². The highest BCUT2D eigenvalue weighted by atomic mass is 35.5. The predicted octanol–water partition coefficient (Wildman–Crippen LogP) is 5.49. The molecule has 0 saturated carbocycles. The van der Waals surface area contributed by atoms with Crippen molar-refractivity contribution < 1.29 is 46.9 Å². The maximum absolute atomic E-state index is 13.1. The van der Waals surface area contributed by atoms with Crippen molar-refractivity contribution in [3.63, 3.8) is 0 Å². The van der Waals surface area contributed by atoms with E-state index in [0.29, 0.717) is 6.07 Å². The van der Waals surface area contributed by atoms with Gasteiger partial charge in [-0.05, 0) is 42.5 Å². The number of carbonyl (C=O) groups is 4. The van der Waals surface area contributed by atoms with Crippen molar-refractivity contribution in [1.82, 2.24) is 0 Å². The van der Waals surface area contributed by atoms with Crippen LogP contribution in [0.4, 0.5) is 18.9 Å². The van der Waals surface area contributed by atoms with E-state index in [4.69, 9.17) is 32.7 Å². The smallest absolute Gasteiger partial charge is 0.416 e. The number of benzene rings is 3. The second-order valence-electron chi connectivity index (χ2n) is 7.52. The van der Waals surface area contributed by atoms with Crippen LogP contribution in [-0.4, -0.2) is 41.1 Å². The molecular formula is C25H16Cl2F3NO7. The molecule has 8 nitrogen and oxygen atoms in total. The van der Waals surface area contributed by atoms with Crippen molar-refractivity contribution in [3.05, 3.63) is 99.5 Å². The summed E-state index contributed by atoms with van der Waals surface area (Å²) in [4.78, 5) is 50.5. The first-order valence-electron chi connectivity index (χ1n) is 10.5. The second kappa shape index (κ2) is 12.0. The highest BCUT2D eigenvalue weighted by molar-refractivity contribution is 6.34. The Morgan fingerprint density at radius 3 is 1.74 bits per heavy atom. The van der Waals surface area contributed by atoms with Gasteiger partial charge in [-0.2, -0.15) is 13.2 Å². The topological polar surface area (TPSA) is 119 Å². The zero-order chi connectivity index (χ0) is 28.0. The molecule has 0 unspecified atom stereocenters. The van der Waals surface area contributed by atoms with Gasteiger partial charge >= 0.3 is 24.1 Å². The summed E-state index contributed by atoms with van der Waals surface area (Å²) in [5.74, 6) is -5.83. The third-order valence-electron chi connectivity index (χ3n) is 4.89. The molecule has 38 heavy (non-hydrogen) atoms. The third-order valence-corrected chi connectivity index (χ3v) is 5.55.